The zero-order valence-corrected chi connectivity index (χ0v) is 23.9. The van der Waals surface area contributed by atoms with Crippen molar-refractivity contribution in [2.75, 3.05) is 0 Å². The number of rotatable bonds is 8. The maximum absolute atomic E-state index is 4.35. The van der Waals surface area contributed by atoms with Crippen LogP contribution in [0.1, 0.15) is 18.4 Å². The van der Waals surface area contributed by atoms with E-state index in [1.165, 1.54) is 60.2 Å². The number of hydrogen-bond acceptors (Lipinski definition) is 0. The highest BCUT2D eigenvalue weighted by molar-refractivity contribution is 6.25. The van der Waals surface area contributed by atoms with Crippen LogP contribution in [0.2, 0.25) is 0 Å². The van der Waals surface area contributed by atoms with Gasteiger partial charge in [0, 0.05) is 0 Å². The normalized spacial score (nSPS) is 13.5. The summed E-state index contributed by atoms with van der Waals surface area (Å²) in [5.41, 5.74) is 8.88. The first-order valence-corrected chi connectivity index (χ1v) is 14.4. The second-order valence-electron chi connectivity index (χ2n) is 10.8. The van der Waals surface area contributed by atoms with E-state index < -0.39 is 0 Å². The Labute approximate surface area is 249 Å². The van der Waals surface area contributed by atoms with Crippen molar-refractivity contribution in [3.63, 3.8) is 0 Å². The van der Waals surface area contributed by atoms with E-state index in [1.807, 2.05) is 24.3 Å². The molecule has 0 radical (unpaired) electrons. The first-order valence-electron chi connectivity index (χ1n) is 14.4. The molecule has 0 bridgehead atoms. The van der Waals surface area contributed by atoms with Crippen molar-refractivity contribution >= 4 is 37.9 Å². The van der Waals surface area contributed by atoms with Crippen LogP contribution >= 0.6 is 0 Å². The standard InChI is InChI=1S/C42H34/c1-5-6-13-29(2)30(3)22-23-31(4)32-14-11-15-33(26-32)34-16-12-17-35(27-34)36-24-25-41-39-20-8-7-18-37(39)38-19-9-10-21-40(38)42(41)28-36/h5-10,12-13,15-28H,1-4,11,14H2/b13-6-,23-22-. The predicted molar refractivity (Wildman–Crippen MR) is 186 cm³/mol. The molecule has 0 saturated carbocycles. The van der Waals surface area contributed by atoms with Gasteiger partial charge in [0.1, 0.15) is 0 Å². The molecule has 0 heterocycles. The summed E-state index contributed by atoms with van der Waals surface area (Å²) in [5, 5.41) is 7.78. The van der Waals surface area contributed by atoms with Crippen LogP contribution in [0.25, 0.3) is 49.0 Å². The Balaban J connectivity index is 1.32. The maximum Gasteiger partial charge on any atom is -0.00928 e. The Morgan fingerprint density at radius 2 is 1.17 bits per heavy atom. The molecule has 0 nitrogen and oxygen atoms in total. The van der Waals surface area contributed by atoms with E-state index in [0.717, 1.165) is 29.6 Å². The van der Waals surface area contributed by atoms with Gasteiger partial charge >= 0.3 is 0 Å². The van der Waals surface area contributed by atoms with Crippen LogP contribution in [-0.2, 0) is 0 Å². The van der Waals surface area contributed by atoms with Gasteiger partial charge in [-0.1, -0.05) is 148 Å². The van der Waals surface area contributed by atoms with Crippen molar-refractivity contribution in [2.45, 2.75) is 12.8 Å². The first kappa shape index (κ1) is 27.0. The Morgan fingerprint density at radius 1 is 0.571 bits per heavy atom. The highest BCUT2D eigenvalue weighted by atomic mass is 14.2. The van der Waals surface area contributed by atoms with E-state index in [0.29, 0.717) is 0 Å². The molecule has 5 aromatic rings. The second-order valence-corrected chi connectivity index (χ2v) is 10.8. The summed E-state index contributed by atoms with van der Waals surface area (Å²) < 4.78 is 0. The molecular formula is C42H34. The molecule has 0 amide bonds. The average molecular weight is 539 g/mol. The van der Waals surface area contributed by atoms with Crippen LogP contribution in [0.4, 0.5) is 0 Å². The molecule has 1 aliphatic rings. The predicted octanol–water partition coefficient (Wildman–Crippen LogP) is 11.9. The third-order valence-electron chi connectivity index (χ3n) is 8.13. The molecule has 202 valence electrons. The summed E-state index contributed by atoms with van der Waals surface area (Å²) in [6, 6.07) is 33.3. The summed E-state index contributed by atoms with van der Waals surface area (Å²) in [5.74, 6) is 0. The van der Waals surface area contributed by atoms with Crippen LogP contribution < -0.4 is 0 Å². The Morgan fingerprint density at radius 3 is 1.86 bits per heavy atom. The van der Waals surface area contributed by atoms with Crippen molar-refractivity contribution in [1.29, 1.82) is 0 Å². The van der Waals surface area contributed by atoms with Crippen LogP contribution in [0.3, 0.4) is 0 Å². The number of fused-ring (bicyclic) bond motifs is 6. The number of hydrogen-bond donors (Lipinski definition) is 0. The van der Waals surface area contributed by atoms with Crippen molar-refractivity contribution in [3.05, 3.63) is 188 Å². The molecule has 1 aliphatic carbocycles. The third kappa shape index (κ3) is 5.28. The lowest BCUT2D eigenvalue weighted by atomic mass is 9.89. The molecule has 0 unspecified atom stereocenters. The van der Waals surface area contributed by atoms with E-state index in [1.54, 1.807) is 6.08 Å². The van der Waals surface area contributed by atoms with E-state index >= 15 is 0 Å². The van der Waals surface area contributed by atoms with Crippen molar-refractivity contribution in [2.24, 2.45) is 0 Å². The van der Waals surface area contributed by atoms with E-state index in [-0.39, 0.29) is 0 Å². The van der Waals surface area contributed by atoms with Gasteiger partial charge in [-0.3, -0.25) is 0 Å². The van der Waals surface area contributed by atoms with Gasteiger partial charge in [-0.25, -0.2) is 0 Å². The Hall–Kier alpha value is -5.20. The molecule has 0 heteroatoms. The summed E-state index contributed by atoms with van der Waals surface area (Å²) in [6.07, 6.45) is 16.1. The van der Waals surface area contributed by atoms with Gasteiger partial charge in [0.2, 0.25) is 0 Å². The second kappa shape index (κ2) is 11.7. The maximum atomic E-state index is 4.35. The molecule has 0 fully saturated rings. The van der Waals surface area contributed by atoms with Gasteiger partial charge in [0.05, 0.1) is 0 Å². The minimum atomic E-state index is 0.865. The molecule has 0 atom stereocenters. The van der Waals surface area contributed by atoms with Crippen LogP contribution in [-0.4, -0.2) is 0 Å². The average Bonchev–Trinajstić information content (AvgIpc) is 3.06. The highest BCUT2D eigenvalue weighted by Gasteiger charge is 2.12. The van der Waals surface area contributed by atoms with Crippen LogP contribution in [0.5, 0.6) is 0 Å². The fraction of sp³-hybridized carbons (Fsp3) is 0.0476. The van der Waals surface area contributed by atoms with Crippen molar-refractivity contribution < 1.29 is 0 Å². The fourth-order valence-corrected chi connectivity index (χ4v) is 5.83. The van der Waals surface area contributed by atoms with Gasteiger partial charge in [-0.2, -0.15) is 0 Å². The monoisotopic (exact) mass is 538 g/mol. The lowest BCUT2D eigenvalue weighted by molar-refractivity contribution is 0.983. The lowest BCUT2D eigenvalue weighted by Gasteiger charge is -2.16. The molecule has 0 aliphatic heterocycles. The highest BCUT2D eigenvalue weighted by Crippen LogP contribution is 2.38. The quantitative estimate of drug-likeness (QED) is 0.136. The zero-order valence-electron chi connectivity index (χ0n) is 23.9. The largest absolute Gasteiger partial charge is 0.0991 e. The van der Waals surface area contributed by atoms with Gasteiger partial charge in [-0.05, 0) is 102 Å². The molecule has 0 aromatic heterocycles. The van der Waals surface area contributed by atoms with Gasteiger partial charge in [-0.15, -0.1) is 0 Å². The van der Waals surface area contributed by atoms with Gasteiger partial charge in [0.25, 0.3) is 0 Å². The summed E-state index contributed by atoms with van der Waals surface area (Å²) in [4.78, 5) is 0. The summed E-state index contributed by atoms with van der Waals surface area (Å²) >= 11 is 0. The molecule has 5 aromatic carbocycles. The Kier molecular flexibility index (Phi) is 7.54. The number of allylic oxidation sites excluding steroid dienone is 12. The molecule has 0 N–H and O–H groups in total. The summed E-state index contributed by atoms with van der Waals surface area (Å²) in [7, 11) is 0. The SMILES string of the molecule is C=C/C=C\C(=C)C(=C)/C=C\C(=C)C1=CC(c2cccc(-c3ccc4c5ccccc5c5ccccc5c4c3)c2)=CCC1. The van der Waals surface area contributed by atoms with Crippen LogP contribution in [0.15, 0.2) is 182 Å². The minimum absolute atomic E-state index is 0.865. The fourth-order valence-electron chi connectivity index (χ4n) is 5.83. The van der Waals surface area contributed by atoms with Gasteiger partial charge < -0.3 is 0 Å². The molecule has 42 heavy (non-hydrogen) atoms. The topological polar surface area (TPSA) is 0 Å². The molecule has 0 saturated heterocycles. The minimum Gasteiger partial charge on any atom is -0.0991 e. The Bertz CT molecular complexity index is 2000. The lowest BCUT2D eigenvalue weighted by Crippen LogP contribution is -1.95. The van der Waals surface area contributed by atoms with Crippen molar-refractivity contribution in [3.8, 4) is 11.1 Å². The first-order chi connectivity index (χ1) is 20.5. The van der Waals surface area contributed by atoms with Gasteiger partial charge in [0.15, 0.2) is 0 Å². The van der Waals surface area contributed by atoms with Crippen molar-refractivity contribution in [1.82, 2.24) is 0 Å². The third-order valence-corrected chi connectivity index (χ3v) is 8.13. The number of benzene rings is 5. The van der Waals surface area contributed by atoms with E-state index in [2.05, 4.69) is 129 Å². The van der Waals surface area contributed by atoms with Crippen LogP contribution in [0, 0.1) is 0 Å². The van der Waals surface area contributed by atoms with E-state index in [9.17, 15) is 0 Å². The van der Waals surface area contributed by atoms with E-state index in [4.69, 9.17) is 0 Å². The summed E-state index contributed by atoms with van der Waals surface area (Å²) in [6.45, 7) is 16.3. The molecule has 6 rings (SSSR count). The molecular weight excluding hydrogens is 504 g/mol. The zero-order chi connectivity index (χ0) is 29.1. The smallest absolute Gasteiger partial charge is 0.00928 e. The molecule has 0 spiro atoms.